The van der Waals surface area contributed by atoms with Gasteiger partial charge in [-0.05, 0) is 27.2 Å². The van der Waals surface area contributed by atoms with Crippen LogP contribution in [-0.4, -0.2) is 53.1 Å². The molecule has 0 spiro atoms. The zero-order valence-corrected chi connectivity index (χ0v) is 12.8. The normalized spacial score (nSPS) is 14.8. The Labute approximate surface area is 123 Å². The Morgan fingerprint density at radius 1 is 1.29 bits per heavy atom. The van der Waals surface area contributed by atoms with Gasteiger partial charge in [0.05, 0.1) is 0 Å². The van der Waals surface area contributed by atoms with Crippen LogP contribution in [0.1, 0.15) is 34.1 Å². The summed E-state index contributed by atoms with van der Waals surface area (Å²) < 4.78 is 32.4. The number of aliphatic hydroxyl groups excluding tert-OH is 1. The predicted molar refractivity (Wildman–Crippen MR) is 74.3 cm³/mol. The van der Waals surface area contributed by atoms with Gasteiger partial charge in [-0.2, -0.15) is 8.78 Å². The first-order chi connectivity index (χ1) is 9.75. The van der Waals surface area contributed by atoms with E-state index in [2.05, 4.69) is 0 Å². The van der Waals surface area contributed by atoms with Crippen LogP contribution in [0.25, 0.3) is 0 Å². The second-order valence-electron chi connectivity index (χ2n) is 4.41. The number of aliphatic hydroxyl groups is 1. The second-order valence-corrected chi connectivity index (χ2v) is 4.41. The average Bonchev–Trinajstić information content (AvgIpc) is 2.45. The molecule has 0 heterocycles. The lowest BCUT2D eigenvalue weighted by Gasteiger charge is -2.26. The van der Waals surface area contributed by atoms with Gasteiger partial charge in [0, 0.05) is 13.1 Å². The molecule has 0 aliphatic rings. The van der Waals surface area contributed by atoms with Crippen LogP contribution in [0.4, 0.5) is 13.6 Å². The third-order valence-corrected chi connectivity index (χ3v) is 3.00. The summed E-state index contributed by atoms with van der Waals surface area (Å²) in [6.45, 7) is 7.00. The van der Waals surface area contributed by atoms with Gasteiger partial charge in [-0.25, -0.2) is 4.79 Å². The number of Topliss-reactive ketones (excluding diaryl/α,β-unsaturated/α-hetero) is 1. The molecule has 1 amide bonds. The Kier molecular flexibility index (Phi) is 8.09. The van der Waals surface area contributed by atoms with Gasteiger partial charge in [-0.1, -0.05) is 19.1 Å². The molecule has 0 aliphatic carbocycles. The number of rotatable bonds is 8. The zero-order chi connectivity index (χ0) is 16.6. The van der Waals surface area contributed by atoms with Gasteiger partial charge < -0.3 is 14.7 Å². The number of carbonyl (C=O) groups excluding carboxylic acids is 2. The maximum atomic E-state index is 13.8. The third-order valence-electron chi connectivity index (χ3n) is 3.00. The molecule has 21 heavy (non-hydrogen) atoms. The first-order valence-electron chi connectivity index (χ1n) is 6.94. The number of carbonyl (C=O) groups is 2. The van der Waals surface area contributed by atoms with E-state index in [0.29, 0.717) is 13.1 Å². The Morgan fingerprint density at radius 2 is 1.81 bits per heavy atom. The van der Waals surface area contributed by atoms with Crippen molar-refractivity contribution >= 4 is 11.9 Å². The molecule has 2 unspecified atom stereocenters. The maximum Gasteiger partial charge on any atom is 0.410 e. The number of nitrogens with zero attached hydrogens (tertiary/aromatic N) is 1. The first kappa shape index (κ1) is 19.5. The summed E-state index contributed by atoms with van der Waals surface area (Å²) in [4.78, 5) is 24.8. The smallest absolute Gasteiger partial charge is 0.410 e. The highest BCUT2D eigenvalue weighted by Gasteiger charge is 2.49. The van der Waals surface area contributed by atoms with Crippen LogP contribution in [0.3, 0.4) is 0 Å². The zero-order valence-electron chi connectivity index (χ0n) is 12.8. The number of allylic oxidation sites excluding steroid dienone is 1. The largest absolute Gasteiger partial charge is 0.438 e. The molecule has 0 aromatic carbocycles. The minimum atomic E-state index is -4.00. The van der Waals surface area contributed by atoms with E-state index < -0.39 is 30.0 Å². The average molecular weight is 307 g/mol. The monoisotopic (exact) mass is 307 g/mol. The van der Waals surface area contributed by atoms with Crippen LogP contribution in [-0.2, 0) is 9.53 Å². The van der Waals surface area contributed by atoms with Crippen molar-refractivity contribution in [3.05, 3.63) is 12.2 Å². The van der Waals surface area contributed by atoms with Crippen molar-refractivity contribution in [2.45, 2.75) is 52.2 Å². The standard InChI is InChI=1S/C14H23F2NO4/c1-5-9-11(18)14(15,16)12(19)10(6-2)21-13(20)17(7-3)8-4/h5,9-11,18H,6-8H2,1-4H3/b9-5+. The summed E-state index contributed by atoms with van der Waals surface area (Å²) in [6.07, 6.45) is -2.71. The Bertz CT molecular complexity index is 381. The lowest BCUT2D eigenvalue weighted by Crippen LogP contribution is -2.48. The van der Waals surface area contributed by atoms with E-state index >= 15 is 0 Å². The van der Waals surface area contributed by atoms with Crippen molar-refractivity contribution < 1.29 is 28.2 Å². The first-order valence-corrected chi connectivity index (χ1v) is 6.94. The van der Waals surface area contributed by atoms with Gasteiger partial charge >= 0.3 is 12.0 Å². The van der Waals surface area contributed by atoms with E-state index in [1.54, 1.807) is 13.8 Å². The highest BCUT2D eigenvalue weighted by molar-refractivity contribution is 5.92. The number of hydrogen-bond acceptors (Lipinski definition) is 4. The van der Waals surface area contributed by atoms with Gasteiger partial charge in [-0.3, -0.25) is 4.79 Å². The molecule has 0 aromatic heterocycles. The summed E-state index contributed by atoms with van der Waals surface area (Å²) in [5, 5.41) is 9.32. The minimum Gasteiger partial charge on any atom is -0.438 e. The van der Waals surface area contributed by atoms with Gasteiger partial charge in [0.1, 0.15) is 6.10 Å². The molecule has 0 saturated carbocycles. The van der Waals surface area contributed by atoms with Crippen LogP contribution in [0.5, 0.6) is 0 Å². The molecule has 0 radical (unpaired) electrons. The van der Waals surface area contributed by atoms with Crippen LogP contribution in [0, 0.1) is 0 Å². The number of amides is 1. The molecule has 0 aliphatic heterocycles. The second kappa shape index (κ2) is 8.71. The van der Waals surface area contributed by atoms with Crippen molar-refractivity contribution in [2.75, 3.05) is 13.1 Å². The van der Waals surface area contributed by atoms with Crippen LogP contribution in [0.15, 0.2) is 12.2 Å². The molecule has 1 N–H and O–H groups in total. The molecular formula is C14H23F2NO4. The number of ether oxygens (including phenoxy) is 1. The number of halogens is 2. The molecule has 0 saturated heterocycles. The van der Waals surface area contributed by atoms with E-state index in [9.17, 15) is 23.5 Å². The Balaban J connectivity index is 5.02. The molecule has 0 bridgehead atoms. The number of alkyl halides is 2. The molecule has 2 atom stereocenters. The molecule has 7 heteroatoms. The van der Waals surface area contributed by atoms with Gasteiger partial charge in [0.25, 0.3) is 0 Å². The number of ketones is 1. The lowest BCUT2D eigenvalue weighted by molar-refractivity contribution is -0.165. The highest BCUT2D eigenvalue weighted by Crippen LogP contribution is 2.25. The SMILES string of the molecule is C/C=C/C(O)C(F)(F)C(=O)C(CC)OC(=O)N(CC)CC. The molecule has 122 valence electrons. The van der Waals surface area contributed by atoms with Crippen LogP contribution >= 0.6 is 0 Å². The van der Waals surface area contributed by atoms with Crippen molar-refractivity contribution in [1.29, 1.82) is 0 Å². The van der Waals surface area contributed by atoms with Crippen molar-refractivity contribution in [3.8, 4) is 0 Å². The molecule has 5 nitrogen and oxygen atoms in total. The summed E-state index contributed by atoms with van der Waals surface area (Å²) in [5.74, 6) is -5.60. The van der Waals surface area contributed by atoms with Gasteiger partial charge in [0.15, 0.2) is 6.10 Å². The topological polar surface area (TPSA) is 66.8 Å². The fourth-order valence-electron chi connectivity index (χ4n) is 1.66. The number of hydrogen-bond donors (Lipinski definition) is 1. The van der Waals surface area contributed by atoms with E-state index in [1.807, 2.05) is 0 Å². The Morgan fingerprint density at radius 3 is 2.19 bits per heavy atom. The van der Waals surface area contributed by atoms with Gasteiger partial charge in [-0.15, -0.1) is 0 Å². The van der Waals surface area contributed by atoms with E-state index in [4.69, 9.17) is 4.74 Å². The van der Waals surface area contributed by atoms with E-state index in [-0.39, 0.29) is 6.42 Å². The van der Waals surface area contributed by atoms with Crippen molar-refractivity contribution in [2.24, 2.45) is 0 Å². The predicted octanol–water partition coefficient (Wildman–Crippen LogP) is 2.38. The summed E-state index contributed by atoms with van der Waals surface area (Å²) in [7, 11) is 0. The molecule has 0 fully saturated rings. The lowest BCUT2D eigenvalue weighted by atomic mass is 10.0. The van der Waals surface area contributed by atoms with Crippen LogP contribution in [0.2, 0.25) is 0 Å². The van der Waals surface area contributed by atoms with E-state index in [1.165, 1.54) is 24.8 Å². The van der Waals surface area contributed by atoms with Crippen LogP contribution < -0.4 is 0 Å². The fourth-order valence-corrected chi connectivity index (χ4v) is 1.66. The highest BCUT2D eigenvalue weighted by atomic mass is 19.3. The molecule has 0 rings (SSSR count). The molecular weight excluding hydrogens is 284 g/mol. The van der Waals surface area contributed by atoms with Gasteiger partial charge in [0.2, 0.25) is 5.78 Å². The van der Waals surface area contributed by atoms with Crippen molar-refractivity contribution in [1.82, 2.24) is 4.90 Å². The summed E-state index contributed by atoms with van der Waals surface area (Å²) >= 11 is 0. The quantitative estimate of drug-likeness (QED) is 0.699. The molecule has 0 aromatic rings. The fraction of sp³-hybridized carbons (Fsp3) is 0.714. The van der Waals surface area contributed by atoms with Crippen molar-refractivity contribution in [3.63, 3.8) is 0 Å². The maximum absolute atomic E-state index is 13.8. The summed E-state index contributed by atoms with van der Waals surface area (Å²) in [5.41, 5.74) is 0. The summed E-state index contributed by atoms with van der Waals surface area (Å²) in [6, 6.07) is 0. The Hall–Kier alpha value is -1.50. The van der Waals surface area contributed by atoms with E-state index in [0.717, 1.165) is 6.08 Å². The third kappa shape index (κ3) is 5.08. The minimum absolute atomic E-state index is 0.0933.